The van der Waals surface area contributed by atoms with Gasteiger partial charge >= 0.3 is 0 Å². The summed E-state index contributed by atoms with van der Waals surface area (Å²) in [7, 11) is 3.36. The van der Waals surface area contributed by atoms with Crippen LogP contribution < -0.4 is 15.0 Å². The number of hydrogen-bond acceptors (Lipinski definition) is 3. The molecular formula is C22H29ClN3O3+. The molecule has 2 aromatic carbocycles. The maximum absolute atomic E-state index is 12.8. The van der Waals surface area contributed by atoms with Crippen LogP contribution in [0.5, 0.6) is 5.75 Å². The van der Waals surface area contributed by atoms with E-state index in [4.69, 9.17) is 16.3 Å². The van der Waals surface area contributed by atoms with E-state index in [9.17, 15) is 9.59 Å². The molecule has 0 aromatic heterocycles. The van der Waals surface area contributed by atoms with Gasteiger partial charge in [-0.15, -0.1) is 0 Å². The fraction of sp³-hybridized carbons (Fsp3) is 0.364. The quantitative estimate of drug-likeness (QED) is 0.656. The molecule has 0 spiro atoms. The van der Waals surface area contributed by atoms with Gasteiger partial charge in [0.25, 0.3) is 11.8 Å². The van der Waals surface area contributed by atoms with Gasteiger partial charge in [-0.1, -0.05) is 41.9 Å². The second-order valence-corrected chi connectivity index (χ2v) is 7.74. The van der Waals surface area contributed by atoms with Crippen molar-refractivity contribution in [2.75, 3.05) is 32.6 Å². The molecule has 6 nitrogen and oxygen atoms in total. The van der Waals surface area contributed by atoms with Crippen molar-refractivity contribution in [1.29, 1.82) is 0 Å². The summed E-state index contributed by atoms with van der Waals surface area (Å²) < 4.78 is 5.24. The maximum Gasteiger partial charge on any atom is 0.279 e. The van der Waals surface area contributed by atoms with E-state index in [1.54, 1.807) is 18.2 Å². The molecule has 0 bridgehead atoms. The van der Waals surface area contributed by atoms with E-state index in [-0.39, 0.29) is 30.9 Å². The lowest BCUT2D eigenvalue weighted by Crippen LogP contribution is -3.11. The van der Waals surface area contributed by atoms with Gasteiger partial charge in [-0.25, -0.2) is 0 Å². The van der Waals surface area contributed by atoms with Crippen molar-refractivity contribution in [3.63, 3.8) is 0 Å². The van der Waals surface area contributed by atoms with E-state index >= 15 is 0 Å². The van der Waals surface area contributed by atoms with E-state index in [1.807, 2.05) is 56.1 Å². The Morgan fingerprint density at radius 1 is 1.14 bits per heavy atom. The predicted molar refractivity (Wildman–Crippen MR) is 115 cm³/mol. The Kier molecular flexibility index (Phi) is 8.49. The van der Waals surface area contributed by atoms with Gasteiger partial charge in [0.15, 0.2) is 13.1 Å². The summed E-state index contributed by atoms with van der Waals surface area (Å²) in [6, 6.07) is 15.0. The van der Waals surface area contributed by atoms with Crippen molar-refractivity contribution in [2.24, 2.45) is 0 Å². The topological polar surface area (TPSA) is 63.1 Å². The summed E-state index contributed by atoms with van der Waals surface area (Å²) in [5, 5.41) is 3.31. The number of benzene rings is 2. The predicted octanol–water partition coefficient (Wildman–Crippen LogP) is 2.24. The average Bonchev–Trinajstić information content (AvgIpc) is 2.66. The van der Waals surface area contributed by atoms with Crippen LogP contribution in [0.15, 0.2) is 48.5 Å². The van der Waals surface area contributed by atoms with E-state index in [0.29, 0.717) is 23.0 Å². The zero-order chi connectivity index (χ0) is 21.4. The van der Waals surface area contributed by atoms with Crippen LogP contribution in [0, 0.1) is 0 Å². The lowest BCUT2D eigenvalue weighted by molar-refractivity contribution is -0.862. The number of likely N-dealkylation sites (N-methyl/N-ethyl adjacent to an activating group) is 1. The minimum atomic E-state index is -0.213. The lowest BCUT2D eigenvalue weighted by atomic mass is 10.2. The van der Waals surface area contributed by atoms with Crippen molar-refractivity contribution in [2.45, 2.75) is 26.4 Å². The lowest BCUT2D eigenvalue weighted by Gasteiger charge is -2.27. The molecule has 2 amide bonds. The van der Waals surface area contributed by atoms with Crippen LogP contribution in [-0.2, 0) is 16.1 Å². The van der Waals surface area contributed by atoms with Crippen molar-refractivity contribution < 1.29 is 19.2 Å². The fourth-order valence-corrected chi connectivity index (χ4v) is 3.18. The molecule has 2 N–H and O–H groups in total. The van der Waals surface area contributed by atoms with E-state index in [1.165, 1.54) is 7.11 Å². The summed E-state index contributed by atoms with van der Waals surface area (Å²) in [4.78, 5) is 27.9. The number of anilines is 1. The third-order valence-electron chi connectivity index (χ3n) is 4.49. The molecule has 1 atom stereocenters. The van der Waals surface area contributed by atoms with Crippen molar-refractivity contribution in [3.8, 4) is 5.75 Å². The van der Waals surface area contributed by atoms with Crippen LogP contribution in [0.25, 0.3) is 0 Å². The third kappa shape index (κ3) is 7.07. The molecule has 1 unspecified atom stereocenters. The summed E-state index contributed by atoms with van der Waals surface area (Å²) in [5.74, 6) is 0.329. The van der Waals surface area contributed by atoms with Gasteiger partial charge in [0, 0.05) is 17.6 Å². The molecule has 0 heterocycles. The number of carbonyl (C=O) groups is 2. The number of nitrogens with one attached hydrogen (secondary N) is 2. The van der Waals surface area contributed by atoms with Gasteiger partial charge in [-0.3, -0.25) is 9.59 Å². The highest BCUT2D eigenvalue weighted by atomic mass is 35.5. The summed E-state index contributed by atoms with van der Waals surface area (Å²) in [5.41, 5.74) is 1.59. The van der Waals surface area contributed by atoms with Gasteiger partial charge in [-0.2, -0.15) is 0 Å². The molecule has 0 saturated heterocycles. The highest BCUT2D eigenvalue weighted by Crippen LogP contribution is 2.27. The molecule has 29 heavy (non-hydrogen) atoms. The van der Waals surface area contributed by atoms with Gasteiger partial charge < -0.3 is 19.9 Å². The second-order valence-electron chi connectivity index (χ2n) is 7.30. The smallest absolute Gasteiger partial charge is 0.279 e. The molecule has 0 fully saturated rings. The normalized spacial score (nSPS) is 11.8. The first-order valence-corrected chi connectivity index (χ1v) is 9.96. The highest BCUT2D eigenvalue weighted by molar-refractivity contribution is 6.31. The van der Waals surface area contributed by atoms with E-state index in [2.05, 4.69) is 5.32 Å². The molecule has 0 aliphatic rings. The number of rotatable bonds is 9. The van der Waals surface area contributed by atoms with Gasteiger partial charge in [-0.05, 0) is 37.6 Å². The van der Waals surface area contributed by atoms with E-state index in [0.717, 1.165) is 10.5 Å². The minimum absolute atomic E-state index is 0.00879. The Hall–Kier alpha value is -2.57. The Morgan fingerprint density at radius 3 is 2.45 bits per heavy atom. The Balaban J connectivity index is 1.94. The number of carbonyl (C=O) groups excluding carboxylic acids is 2. The average molecular weight is 419 g/mol. The molecule has 7 heteroatoms. The zero-order valence-electron chi connectivity index (χ0n) is 17.4. The number of methoxy groups -OCH3 is 1. The summed E-state index contributed by atoms with van der Waals surface area (Å²) >= 11 is 6.00. The van der Waals surface area contributed by atoms with Crippen molar-refractivity contribution in [3.05, 3.63) is 59.1 Å². The van der Waals surface area contributed by atoms with Crippen molar-refractivity contribution in [1.82, 2.24) is 4.90 Å². The first-order valence-electron chi connectivity index (χ1n) is 9.58. The van der Waals surface area contributed by atoms with Crippen LogP contribution in [0.1, 0.15) is 19.4 Å². The van der Waals surface area contributed by atoms with Crippen LogP contribution in [0.3, 0.4) is 0 Å². The molecule has 2 aromatic rings. The molecule has 0 radical (unpaired) electrons. The third-order valence-corrected chi connectivity index (χ3v) is 4.73. The monoisotopic (exact) mass is 418 g/mol. The first kappa shape index (κ1) is 22.7. The Bertz CT molecular complexity index is 827. The zero-order valence-corrected chi connectivity index (χ0v) is 18.1. The number of ether oxygens (including phenoxy) is 1. The van der Waals surface area contributed by atoms with Gasteiger partial charge in [0.2, 0.25) is 0 Å². The fourth-order valence-electron chi connectivity index (χ4n) is 3.01. The van der Waals surface area contributed by atoms with Crippen LogP contribution in [0.2, 0.25) is 5.02 Å². The van der Waals surface area contributed by atoms with Crippen molar-refractivity contribution >= 4 is 29.1 Å². The minimum Gasteiger partial charge on any atom is -0.495 e. The summed E-state index contributed by atoms with van der Waals surface area (Å²) in [6.07, 6.45) is 0. The molecule has 0 saturated carbocycles. The molecule has 0 aliphatic carbocycles. The standard InChI is InChI=1S/C22H28ClN3O3/c1-16(2)26(13-17-8-6-5-7-9-17)22(28)15-25(3)14-21(27)24-19-12-18(23)10-11-20(19)29-4/h5-12,16H,13-15H2,1-4H3,(H,24,27)/p+1. The van der Waals surface area contributed by atoms with Crippen LogP contribution in [0.4, 0.5) is 5.69 Å². The SMILES string of the molecule is COc1ccc(Cl)cc1NC(=O)C[NH+](C)CC(=O)N(Cc1ccccc1)C(C)C. The number of hydrogen-bond donors (Lipinski definition) is 2. The van der Waals surface area contributed by atoms with Gasteiger partial charge in [0.1, 0.15) is 5.75 Å². The number of amides is 2. The number of nitrogens with zero attached hydrogens (tertiary/aromatic N) is 1. The maximum atomic E-state index is 12.8. The highest BCUT2D eigenvalue weighted by Gasteiger charge is 2.22. The first-order chi connectivity index (χ1) is 13.8. The Morgan fingerprint density at radius 2 is 1.83 bits per heavy atom. The van der Waals surface area contributed by atoms with E-state index < -0.39 is 0 Å². The second kappa shape index (κ2) is 10.8. The van der Waals surface area contributed by atoms with Crippen LogP contribution >= 0.6 is 11.6 Å². The summed E-state index contributed by atoms with van der Waals surface area (Å²) in [6.45, 7) is 4.92. The van der Waals surface area contributed by atoms with Gasteiger partial charge in [0.05, 0.1) is 19.8 Å². The molecular weight excluding hydrogens is 390 g/mol. The molecule has 156 valence electrons. The Labute approximate surface area is 177 Å². The number of halogens is 1. The largest absolute Gasteiger partial charge is 0.495 e. The van der Waals surface area contributed by atoms with Crippen LogP contribution in [-0.4, -0.2) is 50.0 Å². The molecule has 2 rings (SSSR count). The number of quaternary nitrogens is 1. The molecule has 0 aliphatic heterocycles.